The molecule has 0 radical (unpaired) electrons. The van der Waals surface area contributed by atoms with Crippen LogP contribution in [0.3, 0.4) is 0 Å². The van der Waals surface area contributed by atoms with Crippen LogP contribution in [0.25, 0.3) is 22.4 Å². The van der Waals surface area contributed by atoms with Crippen LogP contribution >= 0.6 is 23.2 Å². The molecule has 0 heterocycles. The van der Waals surface area contributed by atoms with Crippen LogP contribution in [0, 0.1) is 11.3 Å². The van der Waals surface area contributed by atoms with E-state index in [2.05, 4.69) is 30.3 Å². The Bertz CT molecular complexity index is 1270. The number of hydrogen-bond acceptors (Lipinski definition) is 2. The van der Waals surface area contributed by atoms with Gasteiger partial charge in [0, 0.05) is 15.6 Å². The fourth-order valence-corrected chi connectivity index (χ4v) is 3.61. The lowest BCUT2D eigenvalue weighted by Crippen LogP contribution is -1.98. The van der Waals surface area contributed by atoms with E-state index >= 15 is 0 Å². The molecule has 0 atom stereocenters. The second-order valence-electron chi connectivity index (χ2n) is 6.79. The lowest BCUT2D eigenvalue weighted by Gasteiger charge is -2.12. The second-order valence-corrected chi connectivity index (χ2v) is 7.66. The molecule has 0 aliphatic carbocycles. The summed E-state index contributed by atoms with van der Waals surface area (Å²) in [4.78, 5) is 0. The molecule has 30 heavy (non-hydrogen) atoms. The topological polar surface area (TPSA) is 33.0 Å². The minimum atomic E-state index is 0.409. The Morgan fingerprint density at radius 3 is 2.40 bits per heavy atom. The second kappa shape index (κ2) is 9.05. The summed E-state index contributed by atoms with van der Waals surface area (Å²) in [5, 5.41) is 13.2. The summed E-state index contributed by atoms with van der Waals surface area (Å²) in [6, 6.07) is 29.2. The number of hydrogen-bond donors (Lipinski definition) is 0. The van der Waals surface area contributed by atoms with Gasteiger partial charge >= 0.3 is 0 Å². The highest BCUT2D eigenvalue weighted by atomic mass is 35.5. The van der Waals surface area contributed by atoms with Gasteiger partial charge in [-0.2, -0.15) is 5.26 Å². The van der Waals surface area contributed by atoms with Crippen molar-refractivity contribution >= 4 is 45.6 Å². The highest BCUT2D eigenvalue weighted by Gasteiger charge is 2.08. The Morgan fingerprint density at radius 1 is 0.867 bits per heavy atom. The van der Waals surface area contributed by atoms with Crippen LogP contribution < -0.4 is 4.74 Å². The zero-order chi connectivity index (χ0) is 20.9. The minimum absolute atomic E-state index is 0.409. The van der Waals surface area contributed by atoms with Gasteiger partial charge in [-0.05, 0) is 58.3 Å². The molecule has 0 aliphatic rings. The molecule has 0 aromatic heterocycles. The molecule has 4 aromatic rings. The van der Waals surface area contributed by atoms with E-state index in [9.17, 15) is 5.26 Å². The van der Waals surface area contributed by atoms with Crippen molar-refractivity contribution in [3.8, 4) is 11.8 Å². The third-order valence-electron chi connectivity index (χ3n) is 4.81. The van der Waals surface area contributed by atoms with Gasteiger partial charge in [-0.1, -0.05) is 77.8 Å². The molecule has 0 aliphatic heterocycles. The van der Waals surface area contributed by atoms with Crippen molar-refractivity contribution in [2.24, 2.45) is 0 Å². The smallest absolute Gasteiger partial charge is 0.127 e. The maximum absolute atomic E-state index is 9.67. The highest BCUT2D eigenvalue weighted by molar-refractivity contribution is 6.31. The Kier molecular flexibility index (Phi) is 6.05. The van der Waals surface area contributed by atoms with Crippen LogP contribution in [0.1, 0.15) is 16.7 Å². The molecule has 0 N–H and O–H groups in total. The molecule has 0 fully saturated rings. The summed E-state index contributed by atoms with van der Waals surface area (Å²) in [5.74, 6) is 0.661. The minimum Gasteiger partial charge on any atom is -0.488 e. The first kappa shape index (κ1) is 20.0. The van der Waals surface area contributed by atoms with E-state index in [0.29, 0.717) is 28.0 Å². The molecular formula is C26H17Cl2NO. The van der Waals surface area contributed by atoms with Gasteiger partial charge in [-0.3, -0.25) is 0 Å². The monoisotopic (exact) mass is 429 g/mol. The van der Waals surface area contributed by atoms with E-state index < -0.39 is 0 Å². The number of halogens is 2. The first-order valence-electron chi connectivity index (χ1n) is 9.41. The number of nitrogens with zero attached hydrogens (tertiary/aromatic N) is 1. The number of rotatable bonds is 5. The van der Waals surface area contributed by atoms with E-state index in [1.54, 1.807) is 30.3 Å². The van der Waals surface area contributed by atoms with Crippen molar-refractivity contribution in [1.29, 1.82) is 5.26 Å². The van der Waals surface area contributed by atoms with Gasteiger partial charge in [-0.15, -0.1) is 0 Å². The summed E-state index contributed by atoms with van der Waals surface area (Å²) in [7, 11) is 0. The third kappa shape index (κ3) is 4.49. The van der Waals surface area contributed by atoms with Crippen LogP contribution in [0.15, 0.2) is 84.9 Å². The normalized spacial score (nSPS) is 11.3. The van der Waals surface area contributed by atoms with Crippen molar-refractivity contribution in [2.45, 2.75) is 6.61 Å². The molecular weight excluding hydrogens is 413 g/mol. The summed E-state index contributed by atoms with van der Waals surface area (Å²) in [6.07, 6.45) is 1.79. The molecule has 0 saturated carbocycles. The number of fused-ring (bicyclic) bond motifs is 1. The van der Waals surface area contributed by atoms with Gasteiger partial charge in [0.25, 0.3) is 0 Å². The quantitative estimate of drug-likeness (QED) is 0.239. The standard InChI is InChI=1S/C26H17Cl2NO/c27-23-10-8-18(9-11-23)22(16-29)14-21-15-24(28)12-13-26(21)30-17-20-6-3-5-19-4-1-2-7-25(19)20/h1-15H,17H2/b22-14+. The Hall–Kier alpha value is -3.25. The van der Waals surface area contributed by atoms with Crippen LogP contribution in [-0.4, -0.2) is 0 Å². The van der Waals surface area contributed by atoms with Crippen LogP contribution in [0.4, 0.5) is 0 Å². The van der Waals surface area contributed by atoms with Gasteiger partial charge in [0.1, 0.15) is 12.4 Å². The zero-order valence-electron chi connectivity index (χ0n) is 16.0. The average Bonchev–Trinajstić information content (AvgIpc) is 2.77. The molecule has 4 rings (SSSR count). The Morgan fingerprint density at radius 2 is 1.60 bits per heavy atom. The first-order chi connectivity index (χ1) is 14.6. The van der Waals surface area contributed by atoms with Gasteiger partial charge < -0.3 is 4.74 Å². The number of allylic oxidation sites excluding steroid dienone is 1. The van der Waals surface area contributed by atoms with Gasteiger partial charge in [-0.25, -0.2) is 0 Å². The average molecular weight is 430 g/mol. The highest BCUT2D eigenvalue weighted by Crippen LogP contribution is 2.29. The van der Waals surface area contributed by atoms with Crippen molar-refractivity contribution in [1.82, 2.24) is 0 Å². The van der Waals surface area contributed by atoms with Crippen molar-refractivity contribution in [3.63, 3.8) is 0 Å². The first-order valence-corrected chi connectivity index (χ1v) is 10.2. The molecule has 0 amide bonds. The van der Waals surface area contributed by atoms with Crippen molar-refractivity contribution < 1.29 is 4.74 Å². The molecule has 0 bridgehead atoms. The fourth-order valence-electron chi connectivity index (χ4n) is 3.30. The van der Waals surface area contributed by atoms with Crippen molar-refractivity contribution in [3.05, 3.63) is 112 Å². The molecule has 0 unspecified atom stereocenters. The lowest BCUT2D eigenvalue weighted by atomic mass is 10.0. The molecule has 2 nitrogen and oxygen atoms in total. The van der Waals surface area contributed by atoms with E-state index in [1.165, 1.54) is 5.39 Å². The summed E-state index contributed by atoms with van der Waals surface area (Å²) < 4.78 is 6.15. The Balaban J connectivity index is 1.66. The number of ether oxygens (including phenoxy) is 1. The summed E-state index contributed by atoms with van der Waals surface area (Å²) in [5.41, 5.74) is 3.12. The number of benzene rings is 4. The SMILES string of the molecule is N#C/C(=C\c1cc(Cl)ccc1OCc1cccc2ccccc12)c1ccc(Cl)cc1. The predicted octanol–water partition coefficient (Wildman–Crippen LogP) is 7.79. The van der Waals surface area contributed by atoms with Gasteiger partial charge in [0.2, 0.25) is 0 Å². The zero-order valence-corrected chi connectivity index (χ0v) is 17.5. The van der Waals surface area contributed by atoms with Gasteiger partial charge in [0.05, 0.1) is 11.6 Å². The molecule has 0 spiro atoms. The third-order valence-corrected chi connectivity index (χ3v) is 5.30. The Labute approximate surface area is 185 Å². The molecule has 4 heteroatoms. The molecule has 0 saturated heterocycles. The van der Waals surface area contributed by atoms with E-state index in [1.807, 2.05) is 36.4 Å². The van der Waals surface area contributed by atoms with E-state index in [-0.39, 0.29) is 0 Å². The van der Waals surface area contributed by atoms with Gasteiger partial charge in [0.15, 0.2) is 0 Å². The maximum Gasteiger partial charge on any atom is 0.127 e. The summed E-state index contributed by atoms with van der Waals surface area (Å²) >= 11 is 12.2. The van der Waals surface area contributed by atoms with Crippen molar-refractivity contribution in [2.75, 3.05) is 0 Å². The molecule has 146 valence electrons. The van der Waals surface area contributed by atoms with Crippen LogP contribution in [0.5, 0.6) is 5.75 Å². The van der Waals surface area contributed by atoms with Crippen LogP contribution in [0.2, 0.25) is 10.0 Å². The van der Waals surface area contributed by atoms with Crippen LogP contribution in [-0.2, 0) is 6.61 Å². The molecule has 4 aromatic carbocycles. The number of nitriles is 1. The predicted molar refractivity (Wildman–Crippen MR) is 125 cm³/mol. The largest absolute Gasteiger partial charge is 0.488 e. The lowest BCUT2D eigenvalue weighted by molar-refractivity contribution is 0.307. The maximum atomic E-state index is 9.67. The van der Waals surface area contributed by atoms with E-state index in [4.69, 9.17) is 27.9 Å². The summed E-state index contributed by atoms with van der Waals surface area (Å²) in [6.45, 7) is 0.409. The van der Waals surface area contributed by atoms with E-state index in [0.717, 1.165) is 22.1 Å². The fraction of sp³-hybridized carbons (Fsp3) is 0.0385.